The molecule has 1 saturated heterocycles. The molecule has 4 rings (SSSR count). The lowest BCUT2D eigenvalue weighted by atomic mass is 9.82. The molecule has 0 bridgehead atoms. The van der Waals surface area contributed by atoms with Crippen molar-refractivity contribution >= 4 is 11.5 Å². The highest BCUT2D eigenvalue weighted by Gasteiger charge is 2.35. The van der Waals surface area contributed by atoms with Gasteiger partial charge >= 0.3 is 0 Å². The highest BCUT2D eigenvalue weighted by molar-refractivity contribution is 5.63. The fourth-order valence-electron chi connectivity index (χ4n) is 3.55. The molecule has 3 heterocycles. The van der Waals surface area contributed by atoms with Crippen molar-refractivity contribution in [3.63, 3.8) is 0 Å². The van der Waals surface area contributed by atoms with Crippen LogP contribution < -0.4 is 4.90 Å². The SMILES string of the molecule is c1cn2cnnc2c(N2C[C@@H]3CCCC[C@H]3C2)n1. The molecule has 1 aliphatic heterocycles. The van der Waals surface area contributed by atoms with Gasteiger partial charge in [0.15, 0.2) is 5.82 Å². The Morgan fingerprint density at radius 3 is 2.67 bits per heavy atom. The normalized spacial score (nSPS) is 27.7. The Hall–Kier alpha value is -1.65. The van der Waals surface area contributed by atoms with Crippen molar-refractivity contribution in [2.24, 2.45) is 11.8 Å². The third kappa shape index (κ3) is 1.50. The average molecular weight is 243 g/mol. The number of nitrogens with zero attached hydrogens (tertiary/aromatic N) is 5. The Morgan fingerprint density at radius 1 is 1.11 bits per heavy atom. The van der Waals surface area contributed by atoms with Crippen LogP contribution in [0.2, 0.25) is 0 Å². The van der Waals surface area contributed by atoms with E-state index in [0.29, 0.717) is 0 Å². The van der Waals surface area contributed by atoms with E-state index in [1.807, 2.05) is 16.8 Å². The van der Waals surface area contributed by atoms with E-state index in [2.05, 4.69) is 20.1 Å². The molecule has 0 unspecified atom stereocenters. The lowest BCUT2D eigenvalue weighted by molar-refractivity contribution is 0.299. The van der Waals surface area contributed by atoms with Gasteiger partial charge in [0, 0.05) is 25.5 Å². The molecule has 0 aromatic carbocycles. The monoisotopic (exact) mass is 243 g/mol. The van der Waals surface area contributed by atoms with Gasteiger partial charge in [0.25, 0.3) is 0 Å². The van der Waals surface area contributed by atoms with Crippen LogP contribution in [0.4, 0.5) is 5.82 Å². The number of aromatic nitrogens is 4. The molecule has 0 N–H and O–H groups in total. The fraction of sp³-hybridized carbons (Fsp3) is 0.615. The number of hydrogen-bond donors (Lipinski definition) is 0. The van der Waals surface area contributed by atoms with Gasteiger partial charge in [-0.3, -0.25) is 4.40 Å². The van der Waals surface area contributed by atoms with Crippen LogP contribution in [0.15, 0.2) is 18.7 Å². The van der Waals surface area contributed by atoms with E-state index in [9.17, 15) is 0 Å². The zero-order chi connectivity index (χ0) is 11.9. The molecule has 5 nitrogen and oxygen atoms in total. The summed E-state index contributed by atoms with van der Waals surface area (Å²) < 4.78 is 1.95. The Labute approximate surface area is 106 Å². The molecule has 1 saturated carbocycles. The van der Waals surface area contributed by atoms with Crippen molar-refractivity contribution < 1.29 is 0 Å². The van der Waals surface area contributed by atoms with E-state index in [1.54, 1.807) is 6.33 Å². The number of rotatable bonds is 1. The van der Waals surface area contributed by atoms with E-state index >= 15 is 0 Å². The third-order valence-corrected chi connectivity index (χ3v) is 4.47. The Morgan fingerprint density at radius 2 is 1.89 bits per heavy atom. The Bertz CT molecular complexity index is 549. The van der Waals surface area contributed by atoms with Crippen LogP contribution in [0.5, 0.6) is 0 Å². The number of hydrogen-bond acceptors (Lipinski definition) is 4. The van der Waals surface area contributed by atoms with Gasteiger partial charge in [-0.05, 0) is 24.7 Å². The fourth-order valence-corrected chi connectivity index (χ4v) is 3.55. The molecule has 2 aromatic rings. The molecular formula is C13H17N5. The molecular weight excluding hydrogens is 226 g/mol. The van der Waals surface area contributed by atoms with Gasteiger partial charge in [0.1, 0.15) is 6.33 Å². The quantitative estimate of drug-likeness (QED) is 0.765. The largest absolute Gasteiger partial charge is 0.353 e. The van der Waals surface area contributed by atoms with Gasteiger partial charge in [-0.15, -0.1) is 10.2 Å². The second kappa shape index (κ2) is 3.93. The van der Waals surface area contributed by atoms with Crippen molar-refractivity contribution in [1.29, 1.82) is 0 Å². The second-order valence-electron chi connectivity index (χ2n) is 5.52. The van der Waals surface area contributed by atoms with Gasteiger partial charge in [-0.1, -0.05) is 12.8 Å². The first kappa shape index (κ1) is 10.3. The highest BCUT2D eigenvalue weighted by atomic mass is 15.3. The molecule has 2 atom stereocenters. The molecule has 0 amide bonds. The molecule has 18 heavy (non-hydrogen) atoms. The molecule has 2 aromatic heterocycles. The predicted octanol–water partition coefficient (Wildman–Crippen LogP) is 1.75. The maximum atomic E-state index is 4.52. The standard InChI is InChI=1S/C13H17N5/c1-2-4-11-8-18(7-10(11)3-1)12-13-16-15-9-17(13)6-5-14-12/h5-6,9-11H,1-4,7-8H2/t10-,11-/m0/s1. The van der Waals surface area contributed by atoms with E-state index < -0.39 is 0 Å². The Balaban J connectivity index is 1.69. The first-order valence-corrected chi connectivity index (χ1v) is 6.81. The summed E-state index contributed by atoms with van der Waals surface area (Å²) >= 11 is 0. The minimum atomic E-state index is 0.865. The van der Waals surface area contributed by atoms with E-state index in [-0.39, 0.29) is 0 Å². The first-order chi connectivity index (χ1) is 8.92. The van der Waals surface area contributed by atoms with Crippen LogP contribution in [0.1, 0.15) is 25.7 Å². The van der Waals surface area contributed by atoms with Crippen LogP contribution in [-0.2, 0) is 0 Å². The summed E-state index contributed by atoms with van der Waals surface area (Å²) in [5, 5.41) is 8.16. The van der Waals surface area contributed by atoms with Crippen molar-refractivity contribution in [2.75, 3.05) is 18.0 Å². The third-order valence-electron chi connectivity index (χ3n) is 4.47. The molecule has 0 radical (unpaired) electrons. The van der Waals surface area contributed by atoms with Gasteiger partial charge < -0.3 is 4.90 Å². The first-order valence-electron chi connectivity index (χ1n) is 6.81. The second-order valence-corrected chi connectivity index (χ2v) is 5.52. The Kier molecular flexibility index (Phi) is 2.25. The summed E-state index contributed by atoms with van der Waals surface area (Å²) in [5.74, 6) is 2.73. The molecule has 5 heteroatoms. The van der Waals surface area contributed by atoms with Crippen molar-refractivity contribution in [1.82, 2.24) is 19.6 Å². The lowest BCUT2D eigenvalue weighted by Gasteiger charge is -2.22. The van der Waals surface area contributed by atoms with Crippen LogP contribution in [0.3, 0.4) is 0 Å². The van der Waals surface area contributed by atoms with Crippen LogP contribution >= 0.6 is 0 Å². The maximum absolute atomic E-state index is 4.52. The minimum absolute atomic E-state index is 0.865. The average Bonchev–Trinajstić information content (AvgIpc) is 3.04. The molecule has 2 aliphatic rings. The zero-order valence-corrected chi connectivity index (χ0v) is 10.4. The number of anilines is 1. The van der Waals surface area contributed by atoms with Gasteiger partial charge in [-0.2, -0.15) is 0 Å². The summed E-state index contributed by atoms with van der Waals surface area (Å²) in [7, 11) is 0. The summed E-state index contributed by atoms with van der Waals surface area (Å²) in [6.45, 7) is 2.29. The van der Waals surface area contributed by atoms with Gasteiger partial charge in [0.2, 0.25) is 5.65 Å². The summed E-state index contributed by atoms with van der Waals surface area (Å²) in [5.41, 5.74) is 0.885. The highest BCUT2D eigenvalue weighted by Crippen LogP contribution is 2.38. The molecule has 2 fully saturated rings. The zero-order valence-electron chi connectivity index (χ0n) is 10.4. The van der Waals surface area contributed by atoms with E-state index in [1.165, 1.54) is 25.7 Å². The molecule has 1 aliphatic carbocycles. The van der Waals surface area contributed by atoms with Crippen LogP contribution in [0, 0.1) is 11.8 Å². The van der Waals surface area contributed by atoms with E-state index in [4.69, 9.17) is 0 Å². The maximum Gasteiger partial charge on any atom is 0.203 e. The smallest absolute Gasteiger partial charge is 0.203 e. The van der Waals surface area contributed by atoms with Crippen LogP contribution in [0.25, 0.3) is 5.65 Å². The molecule has 94 valence electrons. The van der Waals surface area contributed by atoms with Crippen LogP contribution in [-0.4, -0.2) is 32.7 Å². The predicted molar refractivity (Wildman–Crippen MR) is 68.4 cm³/mol. The topological polar surface area (TPSA) is 46.3 Å². The number of fused-ring (bicyclic) bond motifs is 2. The summed E-state index contributed by atoms with van der Waals surface area (Å²) in [6.07, 6.45) is 11.1. The molecule has 0 spiro atoms. The van der Waals surface area contributed by atoms with E-state index in [0.717, 1.165) is 36.4 Å². The minimum Gasteiger partial charge on any atom is -0.353 e. The van der Waals surface area contributed by atoms with Gasteiger partial charge in [-0.25, -0.2) is 4.98 Å². The van der Waals surface area contributed by atoms with Gasteiger partial charge in [0.05, 0.1) is 0 Å². The van der Waals surface area contributed by atoms with Crippen molar-refractivity contribution in [3.05, 3.63) is 18.7 Å². The summed E-state index contributed by atoms with van der Waals surface area (Å²) in [6, 6.07) is 0. The van der Waals surface area contributed by atoms with Crippen molar-refractivity contribution in [3.8, 4) is 0 Å². The van der Waals surface area contributed by atoms with Crippen molar-refractivity contribution in [2.45, 2.75) is 25.7 Å². The lowest BCUT2D eigenvalue weighted by Crippen LogP contribution is -2.21. The summed E-state index contributed by atoms with van der Waals surface area (Å²) in [4.78, 5) is 6.93.